The number of rotatable bonds is 7. The standard InChI is InChI=1S/C28H35ClN2O3Si/c1-28(2,3)35(22-11-7-5-8-12-22,23-13-9-6-10-14-23)34-20-21-19-31(16-15-26(21)32)25-17-27(33-4)30-18-24(25)29/h5-14,17-18,21,26,32H,15-16,19-20H2,1-4H3/t21-,26-/m0/s1. The third-order valence-electron chi connectivity index (χ3n) is 6.98. The van der Waals surface area contributed by atoms with Crippen molar-refractivity contribution in [1.29, 1.82) is 0 Å². The average molecular weight is 511 g/mol. The van der Waals surface area contributed by atoms with Gasteiger partial charge in [0.05, 0.1) is 30.1 Å². The number of hydrogen-bond acceptors (Lipinski definition) is 5. The van der Waals surface area contributed by atoms with Crippen molar-refractivity contribution in [1.82, 2.24) is 4.98 Å². The summed E-state index contributed by atoms with van der Waals surface area (Å²) in [6.07, 6.45) is 1.83. The van der Waals surface area contributed by atoms with Gasteiger partial charge in [0.2, 0.25) is 5.88 Å². The van der Waals surface area contributed by atoms with Crippen molar-refractivity contribution >= 4 is 36.0 Å². The zero-order valence-electron chi connectivity index (χ0n) is 20.9. The zero-order chi connectivity index (χ0) is 25.1. The summed E-state index contributed by atoms with van der Waals surface area (Å²) in [5.41, 5.74) is 0.876. The molecule has 1 fully saturated rings. The first-order valence-electron chi connectivity index (χ1n) is 12.1. The molecule has 4 rings (SSSR count). The highest BCUT2D eigenvalue weighted by Crippen LogP contribution is 2.38. The lowest BCUT2D eigenvalue weighted by molar-refractivity contribution is 0.0565. The van der Waals surface area contributed by atoms with E-state index in [0.29, 0.717) is 37.0 Å². The Morgan fingerprint density at radius 2 is 1.66 bits per heavy atom. The Balaban J connectivity index is 1.66. The molecular weight excluding hydrogens is 476 g/mol. The molecule has 0 aliphatic carbocycles. The highest BCUT2D eigenvalue weighted by molar-refractivity contribution is 6.99. The van der Waals surface area contributed by atoms with Crippen molar-refractivity contribution in [3.05, 3.63) is 77.9 Å². The van der Waals surface area contributed by atoms with Gasteiger partial charge in [-0.05, 0) is 21.8 Å². The van der Waals surface area contributed by atoms with E-state index in [1.165, 1.54) is 10.4 Å². The summed E-state index contributed by atoms with van der Waals surface area (Å²) in [5, 5.41) is 13.9. The maximum absolute atomic E-state index is 11.0. The molecule has 1 aliphatic heterocycles. The third-order valence-corrected chi connectivity index (χ3v) is 12.3. The number of piperidine rings is 1. The van der Waals surface area contributed by atoms with Gasteiger partial charge in [-0.2, -0.15) is 0 Å². The van der Waals surface area contributed by atoms with Gasteiger partial charge in [-0.1, -0.05) is 93.0 Å². The number of benzene rings is 2. The van der Waals surface area contributed by atoms with Crippen LogP contribution in [0.2, 0.25) is 10.1 Å². The Hall–Kier alpha value is -2.38. The molecule has 1 saturated heterocycles. The Morgan fingerprint density at radius 3 is 2.20 bits per heavy atom. The van der Waals surface area contributed by atoms with Gasteiger partial charge in [-0.25, -0.2) is 4.98 Å². The molecule has 0 unspecified atom stereocenters. The molecule has 5 nitrogen and oxygen atoms in total. The van der Waals surface area contributed by atoms with E-state index in [2.05, 4.69) is 79.2 Å². The molecule has 0 spiro atoms. The predicted octanol–water partition coefficient (Wildman–Crippen LogP) is 4.51. The smallest absolute Gasteiger partial charge is 0.261 e. The van der Waals surface area contributed by atoms with Crippen molar-refractivity contribution in [2.24, 2.45) is 5.92 Å². The Bertz CT molecular complexity index is 1070. The van der Waals surface area contributed by atoms with Gasteiger partial charge >= 0.3 is 0 Å². The predicted molar refractivity (Wildman–Crippen MR) is 146 cm³/mol. The Kier molecular flexibility index (Phi) is 7.86. The number of halogens is 1. The lowest BCUT2D eigenvalue weighted by Crippen LogP contribution is -2.67. The topological polar surface area (TPSA) is 54.8 Å². The quantitative estimate of drug-likeness (QED) is 0.474. The third kappa shape index (κ3) is 5.26. The van der Waals surface area contributed by atoms with Crippen molar-refractivity contribution < 1.29 is 14.3 Å². The molecule has 2 aromatic carbocycles. The summed E-state index contributed by atoms with van der Waals surface area (Å²) < 4.78 is 12.4. The molecule has 1 N–H and O–H groups in total. The lowest BCUT2D eigenvalue weighted by atomic mass is 9.95. The molecule has 7 heteroatoms. The van der Waals surface area contributed by atoms with Gasteiger partial charge in [0.1, 0.15) is 0 Å². The van der Waals surface area contributed by atoms with E-state index >= 15 is 0 Å². The van der Waals surface area contributed by atoms with Gasteiger partial charge in [-0.3, -0.25) is 0 Å². The molecule has 1 aliphatic rings. The molecule has 2 atom stereocenters. The second kappa shape index (κ2) is 10.7. The largest absolute Gasteiger partial charge is 0.481 e. The molecule has 186 valence electrons. The molecule has 0 radical (unpaired) electrons. The fourth-order valence-corrected chi connectivity index (χ4v) is 10.0. The van der Waals surface area contributed by atoms with E-state index < -0.39 is 14.4 Å². The van der Waals surface area contributed by atoms with Crippen LogP contribution in [0.15, 0.2) is 72.9 Å². The van der Waals surface area contributed by atoms with Gasteiger partial charge in [0, 0.05) is 31.7 Å². The summed E-state index contributed by atoms with van der Waals surface area (Å²) in [6.45, 7) is 8.63. The van der Waals surface area contributed by atoms with Crippen molar-refractivity contribution in [2.45, 2.75) is 38.3 Å². The number of aliphatic hydroxyl groups excluding tert-OH is 1. The number of hydrogen-bond donors (Lipinski definition) is 1. The van der Waals surface area contributed by atoms with Crippen molar-refractivity contribution in [2.75, 3.05) is 31.7 Å². The minimum Gasteiger partial charge on any atom is -0.481 e. The first-order valence-corrected chi connectivity index (χ1v) is 14.4. The van der Waals surface area contributed by atoms with Crippen LogP contribution in [-0.4, -0.2) is 51.3 Å². The molecule has 1 aromatic heterocycles. The normalized spacial score (nSPS) is 19.0. The van der Waals surface area contributed by atoms with Crippen molar-refractivity contribution in [3.63, 3.8) is 0 Å². The van der Waals surface area contributed by atoms with E-state index in [1.807, 2.05) is 18.2 Å². The summed E-state index contributed by atoms with van der Waals surface area (Å²) in [4.78, 5) is 6.41. The zero-order valence-corrected chi connectivity index (χ0v) is 22.7. The molecule has 35 heavy (non-hydrogen) atoms. The second-order valence-electron chi connectivity index (χ2n) is 10.2. The molecule has 0 saturated carbocycles. The van der Waals surface area contributed by atoms with Crippen LogP contribution in [0.4, 0.5) is 5.69 Å². The molecule has 0 amide bonds. The van der Waals surface area contributed by atoms with Crippen LogP contribution in [0.25, 0.3) is 0 Å². The van der Waals surface area contributed by atoms with Crippen LogP contribution in [0.5, 0.6) is 5.88 Å². The number of methoxy groups -OCH3 is 1. The van der Waals surface area contributed by atoms with E-state index in [4.69, 9.17) is 20.8 Å². The van der Waals surface area contributed by atoms with Gasteiger partial charge in [-0.15, -0.1) is 0 Å². The number of nitrogens with zero attached hydrogens (tertiary/aromatic N) is 2. The monoisotopic (exact) mass is 510 g/mol. The number of anilines is 1. The summed E-state index contributed by atoms with van der Waals surface area (Å²) in [5.74, 6) is 0.469. The number of aliphatic hydroxyl groups is 1. The van der Waals surface area contributed by atoms with Gasteiger partial charge < -0.3 is 19.2 Å². The summed E-state index contributed by atoms with van der Waals surface area (Å²) in [7, 11) is -1.08. The molecule has 3 aromatic rings. The molecular formula is C28H35ClN2O3Si. The number of pyridine rings is 1. The minimum absolute atomic E-state index is 0.0550. The highest BCUT2D eigenvalue weighted by atomic mass is 35.5. The van der Waals surface area contributed by atoms with Crippen LogP contribution < -0.4 is 20.0 Å². The minimum atomic E-state index is -2.68. The maximum atomic E-state index is 11.0. The maximum Gasteiger partial charge on any atom is 0.261 e. The Morgan fingerprint density at radius 1 is 1.06 bits per heavy atom. The van der Waals surface area contributed by atoms with Crippen LogP contribution in [0.3, 0.4) is 0 Å². The van der Waals surface area contributed by atoms with E-state index in [1.54, 1.807) is 13.3 Å². The number of aromatic nitrogens is 1. The van der Waals surface area contributed by atoms with E-state index in [9.17, 15) is 5.11 Å². The lowest BCUT2D eigenvalue weighted by Gasteiger charge is -2.45. The second-order valence-corrected chi connectivity index (χ2v) is 14.9. The van der Waals surface area contributed by atoms with Crippen LogP contribution in [0.1, 0.15) is 27.2 Å². The summed E-state index contributed by atoms with van der Waals surface area (Å²) in [6, 6.07) is 23.1. The SMILES string of the molecule is COc1cc(N2CC[C@H](O)[C@H](CO[Si](c3ccccc3)(c3ccccc3)C(C)(C)C)C2)c(Cl)cn1. The van der Waals surface area contributed by atoms with Crippen LogP contribution >= 0.6 is 11.6 Å². The van der Waals surface area contributed by atoms with E-state index in [-0.39, 0.29) is 11.0 Å². The van der Waals surface area contributed by atoms with E-state index in [0.717, 1.165) is 5.69 Å². The fraction of sp³-hybridized carbons (Fsp3) is 0.393. The number of ether oxygens (including phenoxy) is 1. The highest BCUT2D eigenvalue weighted by Gasteiger charge is 2.50. The Labute approximate surface area is 214 Å². The van der Waals surface area contributed by atoms with Crippen LogP contribution in [-0.2, 0) is 4.43 Å². The average Bonchev–Trinajstić information content (AvgIpc) is 2.86. The molecule has 0 bridgehead atoms. The summed E-state index contributed by atoms with van der Waals surface area (Å²) >= 11 is 6.49. The first-order chi connectivity index (χ1) is 16.8. The van der Waals surface area contributed by atoms with Crippen LogP contribution in [0, 0.1) is 5.92 Å². The first kappa shape index (κ1) is 25.7. The fourth-order valence-electron chi connectivity index (χ4n) is 5.16. The van der Waals surface area contributed by atoms with Gasteiger partial charge in [0.25, 0.3) is 8.32 Å². The van der Waals surface area contributed by atoms with Crippen molar-refractivity contribution in [3.8, 4) is 5.88 Å². The molecule has 2 heterocycles. The van der Waals surface area contributed by atoms with Gasteiger partial charge in [0.15, 0.2) is 0 Å².